The van der Waals surface area contributed by atoms with Gasteiger partial charge in [-0.05, 0) is 56.1 Å². The Hall–Kier alpha value is -1.51. The summed E-state index contributed by atoms with van der Waals surface area (Å²) in [5.74, 6) is 2.07. The number of ether oxygens (including phenoxy) is 1. The van der Waals surface area contributed by atoms with Gasteiger partial charge in [-0.1, -0.05) is 45.6 Å². The zero-order valence-corrected chi connectivity index (χ0v) is 16.3. The van der Waals surface area contributed by atoms with Crippen molar-refractivity contribution in [2.24, 2.45) is 11.8 Å². The molecule has 1 aromatic rings. The van der Waals surface area contributed by atoms with E-state index in [0.717, 1.165) is 36.6 Å². The highest BCUT2D eigenvalue weighted by molar-refractivity contribution is 5.92. The number of hydrogen-bond donors (Lipinski definition) is 1. The molecule has 0 heterocycles. The lowest BCUT2D eigenvalue weighted by molar-refractivity contribution is -0.121. The van der Waals surface area contributed by atoms with E-state index in [1.54, 1.807) is 7.11 Å². The van der Waals surface area contributed by atoms with Crippen molar-refractivity contribution in [2.75, 3.05) is 12.4 Å². The van der Waals surface area contributed by atoms with E-state index in [0.29, 0.717) is 0 Å². The van der Waals surface area contributed by atoms with Gasteiger partial charge in [0, 0.05) is 17.7 Å². The topological polar surface area (TPSA) is 38.3 Å². The van der Waals surface area contributed by atoms with E-state index < -0.39 is 0 Å². The Bertz CT molecular complexity index is 533. The first-order chi connectivity index (χ1) is 12.2. The van der Waals surface area contributed by atoms with Crippen LogP contribution in [0.3, 0.4) is 0 Å². The third-order valence-electron chi connectivity index (χ3n) is 5.52. The Morgan fingerprint density at radius 3 is 2.52 bits per heavy atom. The number of amides is 1. The zero-order chi connectivity index (χ0) is 18.1. The number of carbonyl (C=O) groups is 1. The zero-order valence-electron chi connectivity index (χ0n) is 16.3. The summed E-state index contributed by atoms with van der Waals surface area (Å²) >= 11 is 0. The van der Waals surface area contributed by atoms with Crippen LogP contribution in [0.2, 0.25) is 0 Å². The number of carbonyl (C=O) groups excluding carboxylic acids is 1. The van der Waals surface area contributed by atoms with E-state index in [4.69, 9.17) is 4.74 Å². The van der Waals surface area contributed by atoms with Crippen LogP contribution in [0.5, 0.6) is 5.75 Å². The van der Waals surface area contributed by atoms with Crippen LogP contribution in [0.4, 0.5) is 5.69 Å². The van der Waals surface area contributed by atoms with Crippen molar-refractivity contribution in [3.8, 4) is 5.75 Å². The molecule has 1 saturated carbocycles. The fourth-order valence-electron chi connectivity index (χ4n) is 3.96. The van der Waals surface area contributed by atoms with Crippen LogP contribution in [-0.4, -0.2) is 13.0 Å². The minimum Gasteiger partial charge on any atom is -0.496 e. The van der Waals surface area contributed by atoms with Crippen molar-refractivity contribution in [1.82, 2.24) is 0 Å². The normalized spacial score (nSPS) is 20.3. The highest BCUT2D eigenvalue weighted by Gasteiger charge is 2.26. The maximum atomic E-state index is 12.6. The number of benzene rings is 1. The minimum atomic E-state index is 0.170. The molecular weight excluding hydrogens is 310 g/mol. The van der Waals surface area contributed by atoms with Gasteiger partial charge in [-0.3, -0.25) is 4.79 Å². The molecule has 0 unspecified atom stereocenters. The van der Waals surface area contributed by atoms with Gasteiger partial charge in [-0.2, -0.15) is 0 Å². The Labute approximate surface area is 153 Å². The molecule has 0 aliphatic heterocycles. The molecule has 1 amide bonds. The Kier molecular flexibility index (Phi) is 8.30. The monoisotopic (exact) mass is 345 g/mol. The summed E-state index contributed by atoms with van der Waals surface area (Å²) in [4.78, 5) is 12.6. The third-order valence-corrected chi connectivity index (χ3v) is 5.52. The molecule has 140 valence electrons. The average molecular weight is 346 g/mol. The van der Waals surface area contributed by atoms with Crippen LogP contribution in [0.25, 0.3) is 0 Å². The first-order valence-electron chi connectivity index (χ1n) is 10.2. The first kappa shape index (κ1) is 19.8. The number of unbranched alkanes of at least 4 members (excludes halogenated alkanes) is 2. The third kappa shape index (κ3) is 6.05. The van der Waals surface area contributed by atoms with E-state index in [-0.39, 0.29) is 11.8 Å². The molecule has 25 heavy (non-hydrogen) atoms. The summed E-state index contributed by atoms with van der Waals surface area (Å²) < 4.78 is 5.53. The standard InChI is InChI=1S/C22H35NO2/c1-4-6-7-9-18-14-15-20(16-21(18)25-3)23-22(24)19-12-10-17(8-5-2)11-13-19/h14-17,19H,4-13H2,1-3H3,(H,23,24). The molecule has 0 aromatic heterocycles. The second-order valence-electron chi connectivity index (χ2n) is 7.48. The maximum absolute atomic E-state index is 12.6. The van der Waals surface area contributed by atoms with Crippen molar-refractivity contribution < 1.29 is 9.53 Å². The summed E-state index contributed by atoms with van der Waals surface area (Å²) in [6, 6.07) is 6.09. The highest BCUT2D eigenvalue weighted by atomic mass is 16.5. The lowest BCUT2D eigenvalue weighted by Crippen LogP contribution is -2.27. The van der Waals surface area contributed by atoms with Gasteiger partial charge in [0.2, 0.25) is 5.91 Å². The maximum Gasteiger partial charge on any atom is 0.227 e. The molecule has 0 atom stereocenters. The number of aryl methyl sites for hydroxylation is 1. The van der Waals surface area contributed by atoms with Gasteiger partial charge in [0.1, 0.15) is 5.75 Å². The predicted molar refractivity (Wildman–Crippen MR) is 105 cm³/mol. The van der Waals surface area contributed by atoms with Crippen LogP contribution >= 0.6 is 0 Å². The van der Waals surface area contributed by atoms with Crippen LogP contribution in [0.15, 0.2) is 18.2 Å². The molecular formula is C22H35NO2. The fourth-order valence-corrected chi connectivity index (χ4v) is 3.96. The van der Waals surface area contributed by atoms with Crippen molar-refractivity contribution in [3.05, 3.63) is 23.8 Å². The molecule has 2 rings (SSSR count). The second-order valence-corrected chi connectivity index (χ2v) is 7.48. The van der Waals surface area contributed by atoms with Gasteiger partial charge in [-0.15, -0.1) is 0 Å². The van der Waals surface area contributed by atoms with Gasteiger partial charge in [0.25, 0.3) is 0 Å². The number of nitrogens with one attached hydrogen (secondary N) is 1. The molecule has 0 saturated heterocycles. The summed E-state index contributed by atoms with van der Waals surface area (Å²) in [5.41, 5.74) is 2.09. The van der Waals surface area contributed by atoms with Gasteiger partial charge >= 0.3 is 0 Å². The van der Waals surface area contributed by atoms with E-state index >= 15 is 0 Å². The van der Waals surface area contributed by atoms with Crippen molar-refractivity contribution >= 4 is 11.6 Å². The average Bonchev–Trinajstić information content (AvgIpc) is 2.63. The Balaban J connectivity index is 1.90. The van der Waals surface area contributed by atoms with Crippen LogP contribution in [-0.2, 0) is 11.2 Å². The lowest BCUT2D eigenvalue weighted by Gasteiger charge is -2.27. The van der Waals surface area contributed by atoms with Crippen LogP contribution in [0.1, 0.15) is 77.2 Å². The second kappa shape index (κ2) is 10.5. The number of hydrogen-bond acceptors (Lipinski definition) is 2. The van der Waals surface area contributed by atoms with E-state index in [2.05, 4.69) is 25.2 Å². The quantitative estimate of drug-likeness (QED) is 0.560. The predicted octanol–water partition coefficient (Wildman–Crippen LogP) is 5.97. The highest BCUT2D eigenvalue weighted by Crippen LogP contribution is 2.32. The lowest BCUT2D eigenvalue weighted by atomic mass is 9.80. The summed E-state index contributed by atoms with van der Waals surface area (Å²) in [7, 11) is 1.71. The SMILES string of the molecule is CCCCCc1ccc(NC(=O)C2CCC(CCC)CC2)cc1OC. The van der Waals surface area contributed by atoms with E-state index in [1.165, 1.54) is 50.5 Å². The molecule has 3 heteroatoms. The van der Waals surface area contributed by atoms with E-state index in [9.17, 15) is 4.79 Å². The van der Waals surface area contributed by atoms with Gasteiger partial charge < -0.3 is 10.1 Å². The van der Waals surface area contributed by atoms with Gasteiger partial charge in [-0.25, -0.2) is 0 Å². The molecule has 3 nitrogen and oxygen atoms in total. The van der Waals surface area contributed by atoms with Gasteiger partial charge in [0.05, 0.1) is 7.11 Å². The molecule has 1 N–H and O–H groups in total. The molecule has 1 aromatic carbocycles. The van der Waals surface area contributed by atoms with Gasteiger partial charge in [0.15, 0.2) is 0 Å². The molecule has 1 fully saturated rings. The fraction of sp³-hybridized carbons (Fsp3) is 0.682. The summed E-state index contributed by atoms with van der Waals surface area (Å²) in [6.45, 7) is 4.46. The molecule has 0 radical (unpaired) electrons. The summed E-state index contributed by atoms with van der Waals surface area (Å²) in [6.07, 6.45) is 11.7. The van der Waals surface area contributed by atoms with Crippen LogP contribution < -0.4 is 10.1 Å². The minimum absolute atomic E-state index is 0.170. The molecule has 1 aliphatic carbocycles. The van der Waals surface area contributed by atoms with E-state index in [1.807, 2.05) is 12.1 Å². The molecule has 0 spiro atoms. The number of methoxy groups -OCH3 is 1. The van der Waals surface area contributed by atoms with Crippen molar-refractivity contribution in [3.63, 3.8) is 0 Å². The number of rotatable bonds is 9. The number of anilines is 1. The smallest absolute Gasteiger partial charge is 0.227 e. The largest absolute Gasteiger partial charge is 0.496 e. The summed E-state index contributed by atoms with van der Waals surface area (Å²) in [5, 5.41) is 3.11. The Morgan fingerprint density at radius 2 is 1.88 bits per heavy atom. The first-order valence-corrected chi connectivity index (χ1v) is 10.2. The Morgan fingerprint density at radius 1 is 1.12 bits per heavy atom. The molecule has 1 aliphatic rings. The molecule has 0 bridgehead atoms. The van der Waals surface area contributed by atoms with Crippen LogP contribution in [0, 0.1) is 11.8 Å². The van der Waals surface area contributed by atoms with Crippen molar-refractivity contribution in [1.29, 1.82) is 0 Å². The van der Waals surface area contributed by atoms with Crippen molar-refractivity contribution in [2.45, 2.75) is 78.1 Å².